The van der Waals surface area contributed by atoms with Crippen LogP contribution in [0.3, 0.4) is 0 Å². The van der Waals surface area contributed by atoms with Crippen LogP contribution in [0.2, 0.25) is 0 Å². The Kier molecular flexibility index (Phi) is 3.31. The molecular formula is C13H11NO3. The quantitative estimate of drug-likeness (QED) is 0.625. The predicted molar refractivity (Wildman–Crippen MR) is 63.4 cm³/mol. The van der Waals surface area contributed by atoms with Gasteiger partial charge in [-0.15, -0.1) is 6.42 Å². The van der Waals surface area contributed by atoms with Crippen molar-refractivity contribution in [2.45, 2.75) is 0 Å². The summed E-state index contributed by atoms with van der Waals surface area (Å²) in [7, 11) is 0. The molecule has 1 aliphatic rings. The van der Waals surface area contributed by atoms with Gasteiger partial charge in [-0.2, -0.15) is 0 Å². The minimum atomic E-state index is -0.222. The van der Waals surface area contributed by atoms with E-state index >= 15 is 0 Å². The van der Waals surface area contributed by atoms with Crippen molar-refractivity contribution in [1.82, 2.24) is 5.32 Å². The van der Waals surface area contributed by atoms with Gasteiger partial charge in [-0.3, -0.25) is 4.79 Å². The number of ether oxygens (including phenoxy) is 2. The van der Waals surface area contributed by atoms with E-state index < -0.39 is 0 Å². The fraction of sp³-hybridized carbons (Fsp3) is 0.154. The van der Waals surface area contributed by atoms with Crippen LogP contribution in [0.15, 0.2) is 24.3 Å². The second-order valence-electron chi connectivity index (χ2n) is 3.37. The summed E-state index contributed by atoms with van der Waals surface area (Å²) >= 11 is 0. The van der Waals surface area contributed by atoms with Gasteiger partial charge in [0.25, 0.3) is 0 Å². The zero-order valence-electron chi connectivity index (χ0n) is 9.10. The molecular weight excluding hydrogens is 218 g/mol. The van der Waals surface area contributed by atoms with Crippen LogP contribution in [-0.2, 0) is 4.79 Å². The minimum absolute atomic E-state index is 0.222. The van der Waals surface area contributed by atoms with E-state index in [-0.39, 0.29) is 19.2 Å². The standard InChI is InChI=1S/C13H11NO3/c1-2-7-14-13(15)6-4-10-3-5-11-12(8-10)17-9-16-11/h1,3-6,8H,7,9H2,(H,14,15). The number of carbonyl (C=O) groups excluding carboxylic acids is 1. The van der Waals surface area contributed by atoms with E-state index in [4.69, 9.17) is 15.9 Å². The third kappa shape index (κ3) is 2.79. The molecule has 0 spiro atoms. The zero-order chi connectivity index (χ0) is 12.1. The molecule has 17 heavy (non-hydrogen) atoms. The monoisotopic (exact) mass is 229 g/mol. The zero-order valence-corrected chi connectivity index (χ0v) is 9.10. The van der Waals surface area contributed by atoms with E-state index in [9.17, 15) is 4.79 Å². The Hall–Kier alpha value is -2.41. The SMILES string of the molecule is C#CCNC(=O)C=Cc1ccc2c(c1)OCO2. The first-order valence-corrected chi connectivity index (χ1v) is 5.08. The molecule has 1 aromatic rings. The van der Waals surface area contributed by atoms with E-state index in [1.165, 1.54) is 6.08 Å². The molecule has 0 bridgehead atoms. The van der Waals surface area contributed by atoms with Gasteiger partial charge in [0.15, 0.2) is 11.5 Å². The van der Waals surface area contributed by atoms with E-state index in [0.29, 0.717) is 5.75 Å². The maximum atomic E-state index is 11.3. The molecule has 0 saturated heterocycles. The molecule has 4 heteroatoms. The highest BCUT2D eigenvalue weighted by molar-refractivity contribution is 5.91. The van der Waals surface area contributed by atoms with Gasteiger partial charge in [0.2, 0.25) is 12.7 Å². The van der Waals surface area contributed by atoms with Crippen molar-refractivity contribution in [2.24, 2.45) is 0 Å². The lowest BCUT2D eigenvalue weighted by atomic mass is 10.2. The molecule has 1 amide bonds. The topological polar surface area (TPSA) is 47.6 Å². The predicted octanol–water partition coefficient (Wildman–Crippen LogP) is 1.18. The van der Waals surface area contributed by atoms with E-state index in [1.54, 1.807) is 12.1 Å². The van der Waals surface area contributed by atoms with Crippen molar-refractivity contribution in [2.75, 3.05) is 13.3 Å². The lowest BCUT2D eigenvalue weighted by Gasteiger charge is -1.98. The first-order valence-electron chi connectivity index (χ1n) is 5.08. The van der Waals surface area contributed by atoms with Crippen LogP contribution in [0.4, 0.5) is 0 Å². The second-order valence-corrected chi connectivity index (χ2v) is 3.37. The third-order valence-corrected chi connectivity index (χ3v) is 2.19. The number of carbonyl (C=O) groups is 1. The van der Waals surface area contributed by atoms with Gasteiger partial charge in [0, 0.05) is 6.08 Å². The number of terminal acetylenes is 1. The van der Waals surface area contributed by atoms with E-state index in [1.807, 2.05) is 12.1 Å². The van der Waals surface area contributed by atoms with Crippen molar-refractivity contribution in [1.29, 1.82) is 0 Å². The number of hydrogen-bond donors (Lipinski definition) is 1. The summed E-state index contributed by atoms with van der Waals surface area (Å²) in [5.74, 6) is 3.52. The summed E-state index contributed by atoms with van der Waals surface area (Å²) in [6, 6.07) is 5.47. The number of rotatable bonds is 3. The molecule has 0 atom stereocenters. The van der Waals surface area contributed by atoms with E-state index in [0.717, 1.165) is 11.3 Å². The fourth-order valence-electron chi connectivity index (χ4n) is 1.39. The summed E-state index contributed by atoms with van der Waals surface area (Å²) in [4.78, 5) is 11.3. The third-order valence-electron chi connectivity index (χ3n) is 2.19. The van der Waals surface area contributed by atoms with Crippen LogP contribution < -0.4 is 14.8 Å². The van der Waals surface area contributed by atoms with Crippen LogP contribution in [0.5, 0.6) is 11.5 Å². The molecule has 0 aromatic heterocycles. The molecule has 1 aliphatic heterocycles. The summed E-state index contributed by atoms with van der Waals surface area (Å²) in [6.45, 7) is 0.468. The average Bonchev–Trinajstić information content (AvgIpc) is 2.81. The largest absolute Gasteiger partial charge is 0.454 e. The smallest absolute Gasteiger partial charge is 0.244 e. The number of hydrogen-bond acceptors (Lipinski definition) is 3. The lowest BCUT2D eigenvalue weighted by Crippen LogP contribution is -2.20. The Morgan fingerprint density at radius 3 is 3.12 bits per heavy atom. The van der Waals surface area contributed by atoms with Gasteiger partial charge >= 0.3 is 0 Å². The molecule has 0 fully saturated rings. The highest BCUT2D eigenvalue weighted by Crippen LogP contribution is 2.32. The molecule has 1 N–H and O–H groups in total. The molecule has 0 radical (unpaired) electrons. The number of nitrogens with one attached hydrogen (secondary N) is 1. The molecule has 1 aromatic carbocycles. The molecule has 0 unspecified atom stereocenters. The average molecular weight is 229 g/mol. The lowest BCUT2D eigenvalue weighted by molar-refractivity contribution is -0.116. The maximum absolute atomic E-state index is 11.3. The Morgan fingerprint density at radius 1 is 1.47 bits per heavy atom. The fourth-order valence-corrected chi connectivity index (χ4v) is 1.39. The Balaban J connectivity index is 2.02. The van der Waals surface area contributed by atoms with Crippen LogP contribution in [0, 0.1) is 12.3 Å². The minimum Gasteiger partial charge on any atom is -0.454 e. The van der Waals surface area contributed by atoms with Gasteiger partial charge < -0.3 is 14.8 Å². The van der Waals surface area contributed by atoms with Crippen LogP contribution >= 0.6 is 0 Å². The number of amides is 1. The van der Waals surface area contributed by atoms with Crippen LogP contribution in [0.1, 0.15) is 5.56 Å². The summed E-state index contributed by atoms with van der Waals surface area (Å²) in [5.41, 5.74) is 0.866. The Bertz CT molecular complexity index is 500. The number of benzene rings is 1. The maximum Gasteiger partial charge on any atom is 0.244 e. The Morgan fingerprint density at radius 2 is 2.29 bits per heavy atom. The Labute approximate surface area is 99.2 Å². The van der Waals surface area contributed by atoms with Gasteiger partial charge in [-0.05, 0) is 23.8 Å². The number of fused-ring (bicyclic) bond motifs is 1. The first kappa shape index (κ1) is 11.1. The van der Waals surface area contributed by atoms with Crippen molar-refractivity contribution in [3.8, 4) is 23.8 Å². The van der Waals surface area contributed by atoms with Crippen LogP contribution in [-0.4, -0.2) is 19.2 Å². The van der Waals surface area contributed by atoms with Gasteiger partial charge in [0.05, 0.1) is 6.54 Å². The van der Waals surface area contributed by atoms with Crippen molar-refractivity contribution in [3.05, 3.63) is 29.8 Å². The van der Waals surface area contributed by atoms with E-state index in [2.05, 4.69) is 11.2 Å². The van der Waals surface area contributed by atoms with Gasteiger partial charge in [-0.25, -0.2) is 0 Å². The highest BCUT2D eigenvalue weighted by Gasteiger charge is 2.12. The molecule has 1 heterocycles. The summed E-state index contributed by atoms with van der Waals surface area (Å²) in [6.07, 6.45) is 8.14. The molecule has 86 valence electrons. The normalized spacial score (nSPS) is 12.4. The van der Waals surface area contributed by atoms with Crippen LogP contribution in [0.25, 0.3) is 6.08 Å². The van der Waals surface area contributed by atoms with Crippen molar-refractivity contribution < 1.29 is 14.3 Å². The molecule has 0 aliphatic carbocycles. The van der Waals surface area contributed by atoms with Crippen molar-refractivity contribution >= 4 is 12.0 Å². The van der Waals surface area contributed by atoms with Gasteiger partial charge in [-0.1, -0.05) is 12.0 Å². The summed E-state index contributed by atoms with van der Waals surface area (Å²) in [5, 5.41) is 2.54. The highest BCUT2D eigenvalue weighted by atomic mass is 16.7. The van der Waals surface area contributed by atoms with Crippen molar-refractivity contribution in [3.63, 3.8) is 0 Å². The second kappa shape index (κ2) is 5.08. The molecule has 4 nitrogen and oxygen atoms in total. The molecule has 2 rings (SSSR count). The molecule has 0 saturated carbocycles. The summed E-state index contributed by atoms with van der Waals surface area (Å²) < 4.78 is 10.4. The first-order chi connectivity index (χ1) is 8.29. The van der Waals surface area contributed by atoms with Gasteiger partial charge in [0.1, 0.15) is 0 Å².